The highest BCUT2D eigenvalue weighted by Gasteiger charge is 2.42. The minimum Gasteiger partial charge on any atom is -0.450 e. The summed E-state index contributed by atoms with van der Waals surface area (Å²) in [6.45, 7) is 2.21. The van der Waals surface area contributed by atoms with E-state index in [0.717, 1.165) is 11.1 Å². The molecule has 0 fully saturated rings. The van der Waals surface area contributed by atoms with Crippen LogP contribution in [0.25, 0.3) is 11.0 Å². The van der Waals surface area contributed by atoms with Gasteiger partial charge in [0.25, 0.3) is 11.6 Å². The number of benzene rings is 3. The molecule has 2 heterocycles. The molecule has 3 aromatic carbocycles. The molecule has 0 unspecified atom stereocenters. The van der Waals surface area contributed by atoms with Crippen LogP contribution in [-0.2, 0) is 6.42 Å². The molecule has 1 aliphatic rings. The van der Waals surface area contributed by atoms with E-state index in [-0.39, 0.29) is 22.4 Å². The zero-order chi connectivity index (χ0) is 23.1. The van der Waals surface area contributed by atoms with Crippen LogP contribution in [0.5, 0.6) is 0 Å². The first kappa shape index (κ1) is 20.6. The molecular formula is C26H20N2O5. The molecule has 0 spiro atoms. The number of hydrogen-bond acceptors (Lipinski definition) is 5. The van der Waals surface area contributed by atoms with Crippen molar-refractivity contribution in [3.05, 3.63) is 121 Å². The van der Waals surface area contributed by atoms with Crippen LogP contribution in [0.1, 0.15) is 38.9 Å². The van der Waals surface area contributed by atoms with E-state index < -0.39 is 16.9 Å². The fourth-order valence-corrected chi connectivity index (χ4v) is 4.41. The minimum absolute atomic E-state index is 0.000853. The third-order valence-corrected chi connectivity index (χ3v) is 6.00. The minimum atomic E-state index is -0.766. The van der Waals surface area contributed by atoms with Crippen molar-refractivity contribution in [1.29, 1.82) is 0 Å². The summed E-state index contributed by atoms with van der Waals surface area (Å²) >= 11 is 0. The van der Waals surface area contributed by atoms with E-state index >= 15 is 0 Å². The standard InChI is InChI=1S/C26H20N2O5/c1-16-10-11-21-20(14-16)24(29)22-23(18-8-5-9-19(15-18)28(31)32)27(26(30)25(22)33-21)13-12-17-6-3-2-4-7-17/h2-11,14-15,23H,12-13H2,1H3/t23-/m1/s1. The summed E-state index contributed by atoms with van der Waals surface area (Å²) in [7, 11) is 0. The predicted molar refractivity (Wildman–Crippen MR) is 123 cm³/mol. The molecule has 33 heavy (non-hydrogen) atoms. The van der Waals surface area contributed by atoms with E-state index in [9.17, 15) is 19.7 Å². The van der Waals surface area contributed by atoms with Crippen LogP contribution in [0.2, 0.25) is 0 Å². The highest BCUT2D eigenvalue weighted by Crippen LogP contribution is 2.39. The summed E-state index contributed by atoms with van der Waals surface area (Å²) in [6, 6.07) is 20.3. The van der Waals surface area contributed by atoms with Crippen LogP contribution in [0.3, 0.4) is 0 Å². The van der Waals surface area contributed by atoms with Crippen molar-refractivity contribution in [2.24, 2.45) is 0 Å². The fourth-order valence-electron chi connectivity index (χ4n) is 4.41. The number of non-ortho nitro benzene ring substituents is 1. The summed E-state index contributed by atoms with van der Waals surface area (Å²) in [5.41, 5.74) is 2.63. The Morgan fingerprint density at radius 3 is 2.55 bits per heavy atom. The number of amides is 1. The zero-order valence-corrected chi connectivity index (χ0v) is 17.9. The van der Waals surface area contributed by atoms with Crippen LogP contribution in [0.15, 0.2) is 82.0 Å². The Kier molecular flexibility index (Phi) is 5.01. The number of nitrogens with zero attached hydrogens (tertiary/aromatic N) is 2. The maximum atomic E-state index is 13.6. The number of carbonyl (C=O) groups excluding carboxylic acids is 1. The zero-order valence-electron chi connectivity index (χ0n) is 17.9. The molecule has 1 aromatic heterocycles. The molecule has 0 saturated carbocycles. The summed E-state index contributed by atoms with van der Waals surface area (Å²) in [5.74, 6) is -0.391. The molecule has 1 atom stereocenters. The lowest BCUT2D eigenvalue weighted by Crippen LogP contribution is -2.31. The van der Waals surface area contributed by atoms with Crippen molar-refractivity contribution in [3.63, 3.8) is 0 Å². The number of hydrogen-bond donors (Lipinski definition) is 0. The van der Waals surface area contributed by atoms with Crippen LogP contribution in [0.4, 0.5) is 5.69 Å². The van der Waals surface area contributed by atoms with Crippen molar-refractivity contribution in [2.45, 2.75) is 19.4 Å². The Labute approximate surface area is 189 Å². The number of carbonyl (C=O) groups is 1. The quantitative estimate of drug-likeness (QED) is 0.328. The van der Waals surface area contributed by atoms with Gasteiger partial charge in [0.2, 0.25) is 5.76 Å². The number of rotatable bonds is 5. The number of fused-ring (bicyclic) bond motifs is 2. The van der Waals surface area contributed by atoms with Gasteiger partial charge in [0, 0.05) is 18.7 Å². The van der Waals surface area contributed by atoms with Crippen LogP contribution < -0.4 is 5.43 Å². The second-order valence-corrected chi connectivity index (χ2v) is 8.16. The molecule has 1 amide bonds. The van der Waals surface area contributed by atoms with Gasteiger partial charge in [-0.15, -0.1) is 0 Å². The lowest BCUT2D eigenvalue weighted by atomic mass is 9.97. The van der Waals surface area contributed by atoms with E-state index in [1.54, 1.807) is 29.2 Å². The largest absolute Gasteiger partial charge is 0.450 e. The Hall–Kier alpha value is -4.26. The second-order valence-electron chi connectivity index (χ2n) is 8.16. The van der Waals surface area contributed by atoms with Crippen molar-refractivity contribution in [1.82, 2.24) is 4.90 Å². The molecule has 7 nitrogen and oxygen atoms in total. The summed E-state index contributed by atoms with van der Waals surface area (Å²) in [6.07, 6.45) is 0.568. The molecule has 0 saturated heterocycles. The number of nitro groups is 1. The number of nitro benzene ring substituents is 1. The third-order valence-electron chi connectivity index (χ3n) is 6.00. The predicted octanol–water partition coefficient (Wildman–Crippen LogP) is 4.80. The van der Waals surface area contributed by atoms with E-state index in [2.05, 4.69) is 0 Å². The van der Waals surface area contributed by atoms with E-state index in [4.69, 9.17) is 4.42 Å². The van der Waals surface area contributed by atoms with E-state index in [0.29, 0.717) is 29.5 Å². The van der Waals surface area contributed by atoms with Gasteiger partial charge < -0.3 is 9.32 Å². The van der Waals surface area contributed by atoms with Crippen LogP contribution in [0, 0.1) is 17.0 Å². The summed E-state index contributed by atoms with van der Waals surface area (Å²) in [5, 5.41) is 11.8. The summed E-state index contributed by atoms with van der Waals surface area (Å²) in [4.78, 5) is 39.5. The summed E-state index contributed by atoms with van der Waals surface area (Å²) < 4.78 is 5.94. The normalized spacial score (nSPS) is 15.1. The first-order valence-corrected chi connectivity index (χ1v) is 10.6. The van der Waals surface area contributed by atoms with Crippen molar-refractivity contribution < 1.29 is 14.1 Å². The van der Waals surface area contributed by atoms with Crippen LogP contribution >= 0.6 is 0 Å². The van der Waals surface area contributed by atoms with Gasteiger partial charge in [-0.25, -0.2) is 0 Å². The molecular weight excluding hydrogens is 420 g/mol. The lowest BCUT2D eigenvalue weighted by Gasteiger charge is -2.25. The van der Waals surface area contributed by atoms with Crippen LogP contribution in [-0.4, -0.2) is 22.3 Å². The van der Waals surface area contributed by atoms with Gasteiger partial charge in [0.15, 0.2) is 5.43 Å². The van der Waals surface area contributed by atoms with Gasteiger partial charge in [-0.3, -0.25) is 19.7 Å². The van der Waals surface area contributed by atoms with Gasteiger partial charge in [-0.2, -0.15) is 0 Å². The SMILES string of the molecule is Cc1ccc2oc3c(c(=O)c2c1)[C@@H](c1cccc([N+](=O)[O-])c1)N(CCc1ccccc1)C3=O. The third kappa shape index (κ3) is 3.57. The van der Waals surface area contributed by atoms with E-state index in [1.807, 2.05) is 43.3 Å². The molecule has 5 rings (SSSR count). The van der Waals surface area contributed by atoms with Crippen molar-refractivity contribution >= 4 is 22.6 Å². The number of aryl methyl sites for hydroxylation is 1. The molecule has 7 heteroatoms. The smallest absolute Gasteiger partial charge is 0.290 e. The van der Waals surface area contributed by atoms with Gasteiger partial charge in [-0.1, -0.05) is 54.1 Å². The van der Waals surface area contributed by atoms with E-state index in [1.165, 1.54) is 12.1 Å². The monoisotopic (exact) mass is 440 g/mol. The molecule has 0 radical (unpaired) electrons. The molecule has 0 bridgehead atoms. The van der Waals surface area contributed by atoms with Gasteiger partial charge in [-0.05, 0) is 36.6 Å². The first-order chi connectivity index (χ1) is 15.9. The maximum Gasteiger partial charge on any atom is 0.290 e. The fraction of sp³-hybridized carbons (Fsp3) is 0.154. The molecule has 4 aromatic rings. The van der Waals surface area contributed by atoms with Gasteiger partial charge in [0.05, 0.1) is 21.9 Å². The van der Waals surface area contributed by atoms with Crippen molar-refractivity contribution in [2.75, 3.05) is 6.54 Å². The molecule has 164 valence electrons. The maximum absolute atomic E-state index is 13.6. The average Bonchev–Trinajstić information content (AvgIpc) is 3.11. The molecule has 0 N–H and O–H groups in total. The Balaban J connectivity index is 1.68. The second kappa shape index (κ2) is 8.02. The lowest BCUT2D eigenvalue weighted by molar-refractivity contribution is -0.384. The van der Waals surface area contributed by atoms with Gasteiger partial charge >= 0.3 is 0 Å². The first-order valence-electron chi connectivity index (χ1n) is 10.6. The Bertz CT molecular complexity index is 1460. The molecule has 1 aliphatic heterocycles. The Morgan fingerprint density at radius 2 is 1.79 bits per heavy atom. The highest BCUT2D eigenvalue weighted by atomic mass is 16.6. The van der Waals surface area contributed by atoms with Crippen molar-refractivity contribution in [3.8, 4) is 0 Å². The highest BCUT2D eigenvalue weighted by molar-refractivity contribution is 5.99. The van der Waals surface area contributed by atoms with Gasteiger partial charge in [0.1, 0.15) is 5.58 Å². The Morgan fingerprint density at radius 1 is 1.00 bits per heavy atom. The topological polar surface area (TPSA) is 93.7 Å². The average molecular weight is 440 g/mol. The molecule has 0 aliphatic carbocycles.